The summed E-state index contributed by atoms with van der Waals surface area (Å²) in [6.07, 6.45) is 2.14. The molecule has 0 bridgehead atoms. The highest BCUT2D eigenvalue weighted by Crippen LogP contribution is 2.25. The average molecular weight is 471 g/mol. The summed E-state index contributed by atoms with van der Waals surface area (Å²) in [7, 11) is -1.97. The summed E-state index contributed by atoms with van der Waals surface area (Å²) in [5.41, 5.74) is 0.650. The highest BCUT2D eigenvalue weighted by atomic mass is 32.2. The van der Waals surface area contributed by atoms with E-state index >= 15 is 0 Å². The van der Waals surface area contributed by atoms with Crippen LogP contribution in [0.15, 0.2) is 53.7 Å². The number of esters is 1. The van der Waals surface area contributed by atoms with Crippen LogP contribution in [0.5, 0.6) is 0 Å². The zero-order valence-electron chi connectivity index (χ0n) is 18.5. The number of ether oxygens (including phenoxy) is 1. The number of rotatable bonds is 6. The van der Waals surface area contributed by atoms with Crippen LogP contribution in [0, 0.1) is 12.8 Å². The molecule has 0 aliphatic carbocycles. The molecule has 2 aromatic carbocycles. The van der Waals surface area contributed by atoms with Crippen molar-refractivity contribution in [3.8, 4) is 0 Å². The maximum atomic E-state index is 12.8. The molecule has 4 rings (SSSR count). The number of sulfonamides is 1. The lowest BCUT2D eigenvalue weighted by Crippen LogP contribution is -2.41. The number of carbonyl (C=O) groups excluding carboxylic acids is 2. The lowest BCUT2D eigenvalue weighted by molar-refractivity contribution is -0.152. The fourth-order valence-electron chi connectivity index (χ4n) is 3.89. The van der Waals surface area contributed by atoms with Crippen LogP contribution in [0.4, 0.5) is 5.69 Å². The van der Waals surface area contributed by atoms with Crippen LogP contribution in [-0.2, 0) is 31.4 Å². The molecule has 174 valence electrons. The van der Waals surface area contributed by atoms with E-state index in [4.69, 9.17) is 4.74 Å². The Labute approximate surface area is 192 Å². The van der Waals surface area contributed by atoms with E-state index in [-0.39, 0.29) is 18.1 Å². The fourth-order valence-corrected chi connectivity index (χ4v) is 5.38. The monoisotopic (exact) mass is 470 g/mol. The molecule has 0 atom stereocenters. The molecule has 3 aromatic rings. The minimum absolute atomic E-state index is 0.00799. The Hall–Kier alpha value is -3.24. The summed E-state index contributed by atoms with van der Waals surface area (Å²) in [5.74, 6) is -0.764. The topological polar surface area (TPSA) is 111 Å². The summed E-state index contributed by atoms with van der Waals surface area (Å²) in [6.45, 7) is 1.73. The van der Waals surface area contributed by atoms with Gasteiger partial charge in [-0.1, -0.05) is 36.4 Å². The van der Waals surface area contributed by atoms with Crippen LogP contribution in [0.3, 0.4) is 0 Å². The number of benzene rings is 2. The van der Waals surface area contributed by atoms with Gasteiger partial charge in [-0.2, -0.15) is 4.31 Å². The normalized spacial score (nSPS) is 15.5. The van der Waals surface area contributed by atoms with Crippen LogP contribution in [-0.4, -0.2) is 53.8 Å². The van der Waals surface area contributed by atoms with E-state index in [0.717, 1.165) is 10.8 Å². The van der Waals surface area contributed by atoms with Crippen molar-refractivity contribution >= 4 is 38.4 Å². The Bertz CT molecular complexity index is 1270. The van der Waals surface area contributed by atoms with Crippen molar-refractivity contribution in [2.75, 3.05) is 25.0 Å². The third kappa shape index (κ3) is 4.91. The Balaban J connectivity index is 1.29. The number of anilines is 1. The number of nitrogens with one attached hydrogen (secondary N) is 1. The summed E-state index contributed by atoms with van der Waals surface area (Å²) in [5, 5.41) is 4.68. The molecule has 1 aliphatic rings. The van der Waals surface area contributed by atoms with Gasteiger partial charge in [0.1, 0.15) is 5.82 Å². The molecule has 1 N–H and O–H groups in total. The number of aryl methyl sites for hydroxylation is 2. The molecular formula is C23H26N4O5S. The molecule has 0 spiro atoms. The number of hydrogen-bond donors (Lipinski definition) is 1. The van der Waals surface area contributed by atoms with Crippen molar-refractivity contribution in [2.24, 2.45) is 13.0 Å². The van der Waals surface area contributed by atoms with Crippen molar-refractivity contribution in [3.63, 3.8) is 0 Å². The predicted molar refractivity (Wildman–Crippen MR) is 123 cm³/mol. The summed E-state index contributed by atoms with van der Waals surface area (Å²) < 4.78 is 33.8. The van der Waals surface area contributed by atoms with Crippen molar-refractivity contribution < 1.29 is 22.7 Å². The number of amides is 1. The van der Waals surface area contributed by atoms with Gasteiger partial charge in [0.2, 0.25) is 0 Å². The molecule has 1 amide bonds. The molecule has 9 nitrogen and oxygen atoms in total. The van der Waals surface area contributed by atoms with Gasteiger partial charge in [0.05, 0.1) is 5.92 Å². The third-order valence-electron chi connectivity index (χ3n) is 5.89. The second-order valence-corrected chi connectivity index (χ2v) is 9.98. The smallest absolute Gasteiger partial charge is 0.309 e. The summed E-state index contributed by atoms with van der Waals surface area (Å²) in [4.78, 5) is 28.9. The van der Waals surface area contributed by atoms with Crippen molar-refractivity contribution in [1.82, 2.24) is 13.9 Å². The molecule has 2 heterocycles. The Morgan fingerprint density at radius 2 is 1.82 bits per heavy atom. The van der Waals surface area contributed by atoms with E-state index in [2.05, 4.69) is 10.3 Å². The van der Waals surface area contributed by atoms with E-state index in [9.17, 15) is 18.0 Å². The Morgan fingerprint density at radius 3 is 2.52 bits per heavy atom. The highest BCUT2D eigenvalue weighted by Gasteiger charge is 2.34. The van der Waals surface area contributed by atoms with Gasteiger partial charge in [-0.15, -0.1) is 0 Å². The lowest BCUT2D eigenvalue weighted by atomic mass is 9.98. The van der Waals surface area contributed by atoms with Gasteiger partial charge < -0.3 is 14.6 Å². The maximum Gasteiger partial charge on any atom is 0.309 e. The second kappa shape index (κ2) is 9.32. The lowest BCUT2D eigenvalue weighted by Gasteiger charge is -2.29. The summed E-state index contributed by atoms with van der Waals surface area (Å²) >= 11 is 0. The van der Waals surface area contributed by atoms with Crippen molar-refractivity contribution in [3.05, 3.63) is 54.5 Å². The molecule has 0 saturated carbocycles. The molecule has 1 fully saturated rings. The van der Waals surface area contributed by atoms with Crippen molar-refractivity contribution in [1.29, 1.82) is 0 Å². The number of nitrogens with zero attached hydrogens (tertiary/aromatic N) is 3. The standard InChI is InChI=1S/C23H26N4O5S/c1-16-24-22(14-26(16)2)33(30,31)27-12-10-18(11-13-27)23(29)32-15-21(28)25-20-9-5-7-17-6-3-4-8-19(17)20/h3-9,14,18H,10-13,15H2,1-2H3,(H,25,28). The zero-order chi connectivity index (χ0) is 23.6. The first-order valence-corrected chi connectivity index (χ1v) is 12.1. The molecule has 0 unspecified atom stereocenters. The van der Waals surface area contributed by atoms with Crippen LogP contribution in [0.1, 0.15) is 18.7 Å². The van der Waals surface area contributed by atoms with Gasteiger partial charge in [0.15, 0.2) is 11.6 Å². The minimum Gasteiger partial charge on any atom is -0.455 e. The predicted octanol–water partition coefficient (Wildman–Crippen LogP) is 2.46. The second-order valence-electron chi connectivity index (χ2n) is 8.10. The highest BCUT2D eigenvalue weighted by molar-refractivity contribution is 7.89. The van der Waals surface area contributed by atoms with Gasteiger partial charge >= 0.3 is 5.97 Å². The van der Waals surface area contributed by atoms with Crippen molar-refractivity contribution in [2.45, 2.75) is 24.8 Å². The first kappa shape index (κ1) is 22.9. The third-order valence-corrected chi connectivity index (χ3v) is 7.66. The molecule has 33 heavy (non-hydrogen) atoms. The molecular weight excluding hydrogens is 444 g/mol. The Morgan fingerprint density at radius 1 is 1.12 bits per heavy atom. The minimum atomic E-state index is -3.71. The number of carbonyl (C=O) groups is 2. The SMILES string of the molecule is Cc1nc(S(=O)(=O)N2CCC(C(=O)OCC(=O)Nc3cccc4ccccc34)CC2)cn1C. The molecule has 1 aliphatic heterocycles. The molecule has 1 saturated heterocycles. The molecule has 10 heteroatoms. The van der Waals surface area contributed by atoms with E-state index in [1.54, 1.807) is 24.6 Å². The number of piperidine rings is 1. The fraction of sp³-hybridized carbons (Fsp3) is 0.348. The van der Waals surface area contributed by atoms with Gasteiger partial charge in [0.25, 0.3) is 15.9 Å². The van der Waals surface area contributed by atoms with E-state index in [0.29, 0.717) is 24.4 Å². The molecule has 0 radical (unpaired) electrons. The zero-order valence-corrected chi connectivity index (χ0v) is 19.3. The largest absolute Gasteiger partial charge is 0.455 e. The number of imidazole rings is 1. The van der Waals surface area contributed by atoms with E-state index in [1.807, 2.05) is 36.4 Å². The van der Waals surface area contributed by atoms with Gasteiger partial charge in [-0.25, -0.2) is 13.4 Å². The quantitative estimate of drug-likeness (QED) is 0.554. The van der Waals surface area contributed by atoms with E-state index < -0.39 is 34.4 Å². The van der Waals surface area contributed by atoms with Crippen LogP contribution < -0.4 is 5.32 Å². The van der Waals surface area contributed by atoms with Gasteiger partial charge in [-0.05, 0) is 31.2 Å². The van der Waals surface area contributed by atoms with Gasteiger partial charge in [0, 0.05) is 37.4 Å². The van der Waals surface area contributed by atoms with Gasteiger partial charge in [-0.3, -0.25) is 9.59 Å². The van der Waals surface area contributed by atoms with Crippen LogP contribution in [0.2, 0.25) is 0 Å². The van der Waals surface area contributed by atoms with Crippen LogP contribution in [0.25, 0.3) is 10.8 Å². The number of fused-ring (bicyclic) bond motifs is 1. The first-order chi connectivity index (χ1) is 15.8. The number of aromatic nitrogens is 2. The van der Waals surface area contributed by atoms with Crippen LogP contribution >= 0.6 is 0 Å². The maximum absolute atomic E-state index is 12.8. The van der Waals surface area contributed by atoms with E-state index in [1.165, 1.54) is 10.5 Å². The molecule has 1 aromatic heterocycles. The average Bonchev–Trinajstić information content (AvgIpc) is 3.17. The Kier molecular flexibility index (Phi) is 6.48. The summed E-state index contributed by atoms with van der Waals surface area (Å²) in [6, 6.07) is 13.3. The number of hydrogen-bond acceptors (Lipinski definition) is 6. The first-order valence-electron chi connectivity index (χ1n) is 10.7.